The minimum Gasteiger partial charge on any atom is -0.493 e. The summed E-state index contributed by atoms with van der Waals surface area (Å²) in [7, 11) is 3.13. The van der Waals surface area contributed by atoms with Crippen LogP contribution in [-0.4, -0.2) is 48.2 Å². The number of nitrogens with zero attached hydrogens (tertiary/aromatic N) is 1. The van der Waals surface area contributed by atoms with E-state index < -0.39 is 22.6 Å². The molecule has 0 spiro atoms. The lowest BCUT2D eigenvalue weighted by molar-refractivity contribution is -0.139. The molecule has 1 aromatic rings. The third-order valence-electron chi connectivity index (χ3n) is 4.55. The first-order chi connectivity index (χ1) is 11.0. The highest BCUT2D eigenvalue weighted by molar-refractivity contribution is 6.36. The van der Waals surface area contributed by atoms with Crippen molar-refractivity contribution in [2.75, 3.05) is 20.8 Å². The van der Waals surface area contributed by atoms with Crippen LogP contribution in [0.1, 0.15) is 5.56 Å². The Morgan fingerprint density at radius 3 is 2.09 bits per heavy atom. The predicted octanol–water partition coefficient (Wildman–Crippen LogP) is 2.08. The van der Waals surface area contributed by atoms with Crippen molar-refractivity contribution >= 4 is 35.0 Å². The molecular weight excluding hydrogens is 341 g/mol. The summed E-state index contributed by atoms with van der Waals surface area (Å²) in [5.74, 6) is -0.0905. The van der Waals surface area contributed by atoms with Gasteiger partial charge in [0.15, 0.2) is 11.5 Å². The Morgan fingerprint density at radius 1 is 1.00 bits per heavy atom. The first kappa shape index (κ1) is 16.4. The van der Waals surface area contributed by atoms with Crippen molar-refractivity contribution in [1.82, 2.24) is 4.90 Å². The van der Waals surface area contributed by atoms with E-state index in [9.17, 15) is 9.59 Å². The van der Waals surface area contributed by atoms with E-state index in [2.05, 4.69) is 0 Å². The minimum atomic E-state index is -0.461. The second kappa shape index (κ2) is 6.21. The number of amides is 2. The van der Waals surface area contributed by atoms with Gasteiger partial charge in [0, 0.05) is 6.54 Å². The normalized spacial score (nSPS) is 29.3. The van der Waals surface area contributed by atoms with Gasteiger partial charge in [0.2, 0.25) is 11.8 Å². The van der Waals surface area contributed by atoms with Crippen LogP contribution in [0.5, 0.6) is 11.5 Å². The third kappa shape index (κ3) is 2.56. The van der Waals surface area contributed by atoms with Gasteiger partial charge in [-0.15, -0.1) is 23.2 Å². The zero-order valence-corrected chi connectivity index (χ0v) is 14.3. The van der Waals surface area contributed by atoms with Crippen LogP contribution in [0.25, 0.3) is 0 Å². The van der Waals surface area contributed by atoms with E-state index >= 15 is 0 Å². The lowest BCUT2D eigenvalue weighted by Gasteiger charge is -2.37. The molecule has 1 saturated heterocycles. The zero-order chi connectivity index (χ0) is 16.7. The molecular formula is C16H17Cl2NO4. The van der Waals surface area contributed by atoms with Crippen molar-refractivity contribution in [3.8, 4) is 11.5 Å². The number of likely N-dealkylation sites (tertiary alicyclic amines) is 1. The maximum atomic E-state index is 12.3. The number of ether oxygens (including phenoxy) is 2. The van der Waals surface area contributed by atoms with Crippen LogP contribution in [0.15, 0.2) is 18.2 Å². The van der Waals surface area contributed by atoms with Crippen LogP contribution in [0.4, 0.5) is 0 Å². The van der Waals surface area contributed by atoms with Gasteiger partial charge in [-0.2, -0.15) is 0 Å². The van der Waals surface area contributed by atoms with Gasteiger partial charge in [-0.25, -0.2) is 0 Å². The van der Waals surface area contributed by atoms with Crippen molar-refractivity contribution in [3.05, 3.63) is 23.8 Å². The van der Waals surface area contributed by atoms with Crippen molar-refractivity contribution in [1.29, 1.82) is 0 Å². The van der Waals surface area contributed by atoms with E-state index in [4.69, 9.17) is 32.7 Å². The molecule has 0 aromatic heterocycles. The number of hydrogen-bond acceptors (Lipinski definition) is 4. The number of imide groups is 1. The summed E-state index contributed by atoms with van der Waals surface area (Å²) in [6.45, 7) is 0.313. The van der Waals surface area contributed by atoms with E-state index in [0.717, 1.165) is 5.56 Å². The molecule has 7 heteroatoms. The first-order valence-corrected chi connectivity index (χ1v) is 8.21. The van der Waals surface area contributed by atoms with Crippen LogP contribution in [0.2, 0.25) is 0 Å². The van der Waals surface area contributed by atoms with Gasteiger partial charge >= 0.3 is 0 Å². The Balaban J connectivity index is 1.69. The van der Waals surface area contributed by atoms with E-state index in [1.165, 1.54) is 4.90 Å². The summed E-state index contributed by atoms with van der Waals surface area (Å²) < 4.78 is 10.4. The molecule has 0 radical (unpaired) electrons. The third-order valence-corrected chi connectivity index (χ3v) is 5.77. The highest BCUT2D eigenvalue weighted by Gasteiger charge is 2.63. The van der Waals surface area contributed by atoms with Gasteiger partial charge in [-0.1, -0.05) is 6.07 Å². The van der Waals surface area contributed by atoms with Crippen molar-refractivity contribution in [3.63, 3.8) is 0 Å². The van der Waals surface area contributed by atoms with Gasteiger partial charge in [-0.05, 0) is 24.1 Å². The largest absolute Gasteiger partial charge is 0.493 e. The maximum Gasteiger partial charge on any atom is 0.234 e. The molecule has 2 unspecified atom stereocenters. The summed E-state index contributed by atoms with van der Waals surface area (Å²) in [6, 6.07) is 5.53. The summed E-state index contributed by atoms with van der Waals surface area (Å²) in [5.41, 5.74) is 0.951. The first-order valence-electron chi connectivity index (χ1n) is 7.34. The molecule has 0 bridgehead atoms. The van der Waals surface area contributed by atoms with E-state index in [1.807, 2.05) is 12.1 Å². The lowest BCUT2D eigenvalue weighted by Crippen LogP contribution is -2.51. The maximum absolute atomic E-state index is 12.3. The molecule has 124 valence electrons. The van der Waals surface area contributed by atoms with E-state index in [-0.39, 0.29) is 11.8 Å². The molecule has 1 aliphatic carbocycles. The number of carbonyl (C=O) groups excluding carboxylic acids is 2. The van der Waals surface area contributed by atoms with Crippen LogP contribution in [-0.2, 0) is 16.0 Å². The quantitative estimate of drug-likeness (QED) is 0.597. The molecule has 2 fully saturated rings. The second-order valence-corrected chi connectivity index (χ2v) is 6.72. The lowest BCUT2D eigenvalue weighted by atomic mass is 9.74. The Hall–Kier alpha value is -1.46. The average Bonchev–Trinajstić information content (AvgIpc) is 2.80. The molecule has 23 heavy (non-hydrogen) atoms. The van der Waals surface area contributed by atoms with Crippen LogP contribution >= 0.6 is 23.2 Å². The Bertz CT molecular complexity index is 625. The van der Waals surface area contributed by atoms with Crippen LogP contribution in [0, 0.1) is 11.8 Å². The molecule has 1 aliphatic heterocycles. The van der Waals surface area contributed by atoms with Gasteiger partial charge in [-0.3, -0.25) is 14.5 Å². The number of methoxy groups -OCH3 is 2. The highest BCUT2D eigenvalue weighted by Crippen LogP contribution is 2.48. The number of alkyl halides is 2. The summed E-state index contributed by atoms with van der Waals surface area (Å²) in [6.07, 6.45) is 0.539. The molecule has 2 amide bonds. The van der Waals surface area contributed by atoms with E-state index in [1.54, 1.807) is 20.3 Å². The number of carbonyl (C=O) groups is 2. The van der Waals surface area contributed by atoms with Crippen molar-refractivity contribution in [2.24, 2.45) is 11.8 Å². The van der Waals surface area contributed by atoms with Crippen LogP contribution < -0.4 is 9.47 Å². The zero-order valence-electron chi connectivity index (χ0n) is 12.8. The predicted molar refractivity (Wildman–Crippen MR) is 86.2 cm³/mol. The number of hydrogen-bond donors (Lipinski definition) is 0. The fourth-order valence-corrected chi connectivity index (χ4v) is 4.03. The molecule has 5 nitrogen and oxygen atoms in total. The topological polar surface area (TPSA) is 55.8 Å². The number of fused-ring (bicyclic) bond motifs is 1. The smallest absolute Gasteiger partial charge is 0.234 e. The molecule has 2 aliphatic rings. The monoisotopic (exact) mass is 357 g/mol. The molecule has 0 N–H and O–H groups in total. The van der Waals surface area contributed by atoms with Gasteiger partial charge in [0.25, 0.3) is 0 Å². The second-order valence-electron chi connectivity index (χ2n) is 5.71. The summed E-state index contributed by atoms with van der Waals surface area (Å²) in [4.78, 5) is 25.9. The SMILES string of the molecule is COc1ccc(CCN2C(=O)[C@@H]3C(Cl)C(Cl)[C@@H]3C2=O)cc1OC. The van der Waals surface area contributed by atoms with Crippen LogP contribution in [0.3, 0.4) is 0 Å². The number of rotatable bonds is 5. The van der Waals surface area contributed by atoms with Crippen molar-refractivity contribution in [2.45, 2.75) is 17.2 Å². The van der Waals surface area contributed by atoms with E-state index in [0.29, 0.717) is 24.5 Å². The van der Waals surface area contributed by atoms with Gasteiger partial charge < -0.3 is 9.47 Å². The number of benzene rings is 1. The van der Waals surface area contributed by atoms with Crippen molar-refractivity contribution < 1.29 is 19.1 Å². The molecule has 1 heterocycles. The average molecular weight is 358 g/mol. The molecule has 1 aromatic carbocycles. The molecule has 4 atom stereocenters. The standard InChI is InChI=1S/C16H17Cl2NO4/c1-22-9-4-3-8(7-10(9)23-2)5-6-19-15(20)11-12(16(19)21)14(18)13(11)17/h3-4,7,11-14H,5-6H2,1-2H3/t11-,12+,13?,14?. The fraction of sp³-hybridized carbons (Fsp3) is 0.500. The molecule has 1 saturated carbocycles. The minimum absolute atomic E-state index is 0.211. The Kier molecular flexibility index (Phi) is 4.43. The number of halogens is 2. The van der Waals surface area contributed by atoms with Gasteiger partial charge in [0.1, 0.15) is 0 Å². The highest BCUT2D eigenvalue weighted by atomic mass is 35.5. The van der Waals surface area contributed by atoms with Gasteiger partial charge in [0.05, 0.1) is 36.8 Å². The Labute approximate surface area is 144 Å². The fourth-order valence-electron chi connectivity index (χ4n) is 3.19. The summed E-state index contributed by atoms with van der Waals surface area (Å²) >= 11 is 12.1. The summed E-state index contributed by atoms with van der Waals surface area (Å²) in [5, 5.41) is -0.909. The Morgan fingerprint density at radius 2 is 1.57 bits per heavy atom. The molecule has 3 rings (SSSR count).